The van der Waals surface area contributed by atoms with E-state index in [1.165, 1.54) is 13.2 Å². The summed E-state index contributed by atoms with van der Waals surface area (Å²) in [6, 6.07) is 11.9. The van der Waals surface area contributed by atoms with Gasteiger partial charge in [-0.3, -0.25) is 19.2 Å². The van der Waals surface area contributed by atoms with Gasteiger partial charge in [-0.1, -0.05) is 31.2 Å². The predicted molar refractivity (Wildman–Crippen MR) is 198 cm³/mol. The molecule has 7 N–H and O–H groups in total. The largest absolute Gasteiger partial charge is 0.469 e. The first-order chi connectivity index (χ1) is 26.0. The molecule has 6 rings (SSSR count). The fourth-order valence-corrected chi connectivity index (χ4v) is 11.4. The first-order valence-corrected chi connectivity index (χ1v) is 21.6. The predicted octanol–water partition coefficient (Wildman–Crippen LogP) is 0.249. The summed E-state index contributed by atoms with van der Waals surface area (Å²) in [6.07, 6.45) is -8.85. The van der Waals surface area contributed by atoms with E-state index in [1.54, 1.807) is 35.0 Å². The molecule has 10 atom stereocenters. The first kappa shape index (κ1) is 40.9. The highest BCUT2D eigenvalue weighted by Crippen LogP contribution is 2.60. The summed E-state index contributed by atoms with van der Waals surface area (Å²) in [7, 11) is -1.90. The second-order valence-electron chi connectivity index (χ2n) is 15.5. The van der Waals surface area contributed by atoms with Gasteiger partial charge >= 0.3 is 5.97 Å². The summed E-state index contributed by atoms with van der Waals surface area (Å²) < 4.78 is 16.7. The van der Waals surface area contributed by atoms with Crippen molar-refractivity contribution in [3.05, 3.63) is 59.2 Å². The molecule has 4 heterocycles. The van der Waals surface area contributed by atoms with Gasteiger partial charge in [-0.2, -0.15) is 0 Å². The highest BCUT2D eigenvalue weighted by Gasteiger charge is 2.66. The Morgan fingerprint density at radius 3 is 2.40 bits per heavy atom. The second-order valence-corrected chi connectivity index (χ2v) is 19.5. The van der Waals surface area contributed by atoms with Gasteiger partial charge in [-0.05, 0) is 61.7 Å². The maximum absolute atomic E-state index is 14.8. The number of aliphatic hydroxyl groups excluding tert-OH is 5. The summed E-state index contributed by atoms with van der Waals surface area (Å²) in [5.41, 5.74) is 0.685. The number of benzene rings is 2. The highest BCUT2D eigenvalue weighted by molar-refractivity contribution is 6.71. The van der Waals surface area contributed by atoms with E-state index in [0.29, 0.717) is 30.5 Å². The minimum absolute atomic E-state index is 0.149. The molecule has 4 aliphatic rings. The monoisotopic (exact) mass is 785 g/mol. The second kappa shape index (κ2) is 16.0. The van der Waals surface area contributed by atoms with E-state index < -0.39 is 80.0 Å². The molecule has 1 spiro atoms. The lowest BCUT2D eigenvalue weighted by Gasteiger charge is -2.37. The van der Waals surface area contributed by atoms with Crippen molar-refractivity contribution in [2.24, 2.45) is 5.92 Å². The van der Waals surface area contributed by atoms with Crippen LogP contribution >= 0.6 is 0 Å². The number of rotatable bonds is 11. The molecule has 2 saturated heterocycles. The number of anilines is 2. The Kier molecular flexibility index (Phi) is 11.9. The topological polar surface area (TPSA) is 236 Å². The Hall–Kier alpha value is -3.78. The molecule has 0 saturated carbocycles. The molecule has 4 aliphatic heterocycles. The lowest BCUT2D eigenvalue weighted by atomic mass is 9.82. The van der Waals surface area contributed by atoms with Crippen LogP contribution in [0.2, 0.25) is 18.6 Å². The van der Waals surface area contributed by atoms with Crippen molar-refractivity contribution in [3.63, 3.8) is 0 Å². The number of methoxy groups -OCH3 is 1. The zero-order valence-corrected chi connectivity index (χ0v) is 32.3. The van der Waals surface area contributed by atoms with Crippen molar-refractivity contribution in [1.82, 2.24) is 4.90 Å². The zero-order valence-electron chi connectivity index (χ0n) is 31.3. The molecule has 2 aromatic carbocycles. The number of aliphatic hydroxyl groups is 5. The van der Waals surface area contributed by atoms with Crippen molar-refractivity contribution < 1.29 is 63.7 Å². The van der Waals surface area contributed by atoms with E-state index in [0.717, 1.165) is 11.1 Å². The average Bonchev–Trinajstić information content (AvgIpc) is 3.58. The molecule has 2 fully saturated rings. The molecular weight excluding hydrogens is 735 g/mol. The number of hydrogen-bond donors (Lipinski definition) is 7. The number of amides is 3. The van der Waals surface area contributed by atoms with Crippen LogP contribution in [0.4, 0.5) is 11.4 Å². The molecule has 0 aliphatic carbocycles. The number of fused-ring (bicyclic) bond motifs is 3. The number of carbonyl (C=O) groups excluding carboxylic acids is 4. The number of nitrogens with zero attached hydrogens (tertiary/aromatic N) is 2. The maximum Gasteiger partial charge on any atom is 0.305 e. The molecule has 300 valence electrons. The van der Waals surface area contributed by atoms with Crippen molar-refractivity contribution in [2.45, 2.75) is 113 Å². The fourth-order valence-electron chi connectivity index (χ4n) is 8.84. The van der Waals surface area contributed by atoms with Gasteiger partial charge < -0.3 is 59.7 Å². The van der Waals surface area contributed by atoms with Gasteiger partial charge in [0.15, 0.2) is 26.3 Å². The minimum Gasteiger partial charge on any atom is -0.469 e. The minimum atomic E-state index is -3.20. The Balaban J connectivity index is 1.33. The van der Waals surface area contributed by atoms with Crippen LogP contribution in [-0.4, -0.2) is 130 Å². The molecule has 2 aromatic rings. The molecule has 0 bridgehead atoms. The molecule has 16 nitrogen and oxygen atoms in total. The van der Waals surface area contributed by atoms with Crippen LogP contribution < -0.4 is 10.2 Å². The van der Waals surface area contributed by atoms with Gasteiger partial charge in [-0.25, -0.2) is 0 Å². The normalized spacial score (nSPS) is 31.7. The molecule has 55 heavy (non-hydrogen) atoms. The summed E-state index contributed by atoms with van der Waals surface area (Å²) in [4.78, 5) is 69.1. The number of carbonyl (C=O) groups is 4. The van der Waals surface area contributed by atoms with E-state index >= 15 is 0 Å². The van der Waals surface area contributed by atoms with E-state index in [2.05, 4.69) is 5.32 Å². The Morgan fingerprint density at radius 2 is 1.73 bits per heavy atom. The van der Waals surface area contributed by atoms with Crippen LogP contribution in [0.15, 0.2) is 42.5 Å². The summed E-state index contributed by atoms with van der Waals surface area (Å²) in [6.45, 7) is 5.52. The van der Waals surface area contributed by atoms with Crippen LogP contribution in [0, 0.1) is 5.92 Å². The quantitative estimate of drug-likeness (QED) is 0.0921. The maximum atomic E-state index is 14.8. The van der Waals surface area contributed by atoms with Gasteiger partial charge in [0.05, 0.1) is 38.0 Å². The fraction of sp³-hybridized carbons (Fsp3) is 0.579. The standard InChI is InChI=1S/C38H51N3O13Si/c1-20-34(55(3,4)51)27(17-28(43)41-18-22-10-6-5-9-21(22)15-24(41)19-42)54-38(20)25-16-23(39-35(48)33-31(46)30(45)32(47)36(49)53-33)12-13-26(25)40(37(38)50)14-8-7-11-29(44)52-2/h5-6,9-10,12-13,16,20,24,27,30-34,36,42,45-47,49,51H,7-8,11,14-15,17-19H2,1-4H3,(H,39,48)/t20-,24+,27+,30+,31+,32-,33+,34-,36-,38+/m1/s1. The van der Waals surface area contributed by atoms with Crippen LogP contribution in [0.1, 0.15) is 49.3 Å². The van der Waals surface area contributed by atoms with Crippen molar-refractivity contribution in [2.75, 3.05) is 30.5 Å². The Morgan fingerprint density at radius 1 is 1.02 bits per heavy atom. The third kappa shape index (κ3) is 7.57. The van der Waals surface area contributed by atoms with Gasteiger partial charge in [0.1, 0.15) is 18.3 Å². The summed E-state index contributed by atoms with van der Waals surface area (Å²) in [5, 5.41) is 53.4. The van der Waals surface area contributed by atoms with Crippen LogP contribution in [0.3, 0.4) is 0 Å². The number of nitrogens with one attached hydrogen (secondary N) is 1. The van der Waals surface area contributed by atoms with Crippen LogP contribution in [0.25, 0.3) is 0 Å². The van der Waals surface area contributed by atoms with E-state index in [9.17, 15) is 49.5 Å². The zero-order chi connectivity index (χ0) is 40.0. The van der Waals surface area contributed by atoms with E-state index in [-0.39, 0.29) is 50.1 Å². The first-order valence-electron chi connectivity index (χ1n) is 18.6. The van der Waals surface area contributed by atoms with Crippen LogP contribution in [-0.2, 0) is 52.0 Å². The summed E-state index contributed by atoms with van der Waals surface area (Å²) in [5.74, 6) is -2.72. The van der Waals surface area contributed by atoms with E-state index in [1.807, 2.05) is 31.2 Å². The number of esters is 1. The smallest absolute Gasteiger partial charge is 0.305 e. The lowest BCUT2D eigenvalue weighted by molar-refractivity contribution is -0.274. The number of ether oxygens (including phenoxy) is 3. The van der Waals surface area contributed by atoms with Crippen molar-refractivity contribution >= 4 is 43.4 Å². The van der Waals surface area contributed by atoms with E-state index in [4.69, 9.17) is 14.2 Å². The Labute approximate surface area is 319 Å². The third-order valence-corrected chi connectivity index (χ3v) is 14.1. The molecular formula is C38H51N3O13Si. The SMILES string of the molecule is COC(=O)CCCCN1C(=O)[C@@]2(O[C@@H](CC(=O)N3Cc4ccccc4C[C@H]3CO)[C@H]([Si](C)(C)O)[C@H]2C)c2cc(NC(=O)[C@H]3O[C@@H](O)[C@H](O)[C@@H](O)[C@@H]3O)ccc21. The van der Waals surface area contributed by atoms with Crippen LogP contribution in [0.5, 0.6) is 0 Å². The van der Waals surface area contributed by atoms with Gasteiger partial charge in [0.2, 0.25) is 5.91 Å². The molecule has 0 unspecified atom stereocenters. The molecule has 0 aromatic heterocycles. The van der Waals surface area contributed by atoms with Crippen molar-refractivity contribution in [3.8, 4) is 0 Å². The van der Waals surface area contributed by atoms with Gasteiger partial charge in [0.25, 0.3) is 11.8 Å². The molecule has 17 heteroatoms. The summed E-state index contributed by atoms with van der Waals surface area (Å²) >= 11 is 0. The van der Waals surface area contributed by atoms with Gasteiger partial charge in [-0.15, -0.1) is 0 Å². The molecule has 0 radical (unpaired) electrons. The number of hydrogen-bond acceptors (Lipinski definition) is 13. The van der Waals surface area contributed by atoms with Gasteiger partial charge in [0, 0.05) is 42.2 Å². The number of unbranched alkanes of at least 4 members (excludes halogenated alkanes) is 1. The molecule has 3 amide bonds. The Bertz CT molecular complexity index is 1790. The van der Waals surface area contributed by atoms with Crippen molar-refractivity contribution in [1.29, 1.82) is 0 Å². The lowest BCUT2D eigenvalue weighted by Crippen LogP contribution is -2.60. The highest BCUT2D eigenvalue weighted by atomic mass is 28.4. The average molecular weight is 786 g/mol. The third-order valence-electron chi connectivity index (χ3n) is 11.6.